The summed E-state index contributed by atoms with van der Waals surface area (Å²) in [5.74, 6) is 0.266. The van der Waals surface area contributed by atoms with Crippen molar-refractivity contribution >= 4 is 9.84 Å². The van der Waals surface area contributed by atoms with Crippen molar-refractivity contribution in [2.24, 2.45) is 5.73 Å². The number of hydrogen-bond donors (Lipinski definition) is 1. The van der Waals surface area contributed by atoms with Crippen molar-refractivity contribution in [3.63, 3.8) is 0 Å². The van der Waals surface area contributed by atoms with E-state index < -0.39 is 21.4 Å². The van der Waals surface area contributed by atoms with Crippen molar-refractivity contribution in [3.05, 3.63) is 0 Å². The van der Waals surface area contributed by atoms with Crippen molar-refractivity contribution in [2.45, 2.75) is 36.9 Å². The Morgan fingerprint density at radius 1 is 1.40 bits per heavy atom. The second-order valence-corrected chi connectivity index (χ2v) is 6.42. The van der Waals surface area contributed by atoms with Crippen LogP contribution in [0.1, 0.15) is 19.3 Å². The molecule has 88 valence electrons. The number of rotatable bonds is 3. The predicted octanol–water partition coefficient (Wildman–Crippen LogP) is -0.346. The third-order valence-electron chi connectivity index (χ3n) is 2.94. The summed E-state index contributed by atoms with van der Waals surface area (Å²) in [7, 11) is -2.99. The van der Waals surface area contributed by atoms with Crippen molar-refractivity contribution in [2.75, 3.05) is 18.9 Å². The fourth-order valence-electron chi connectivity index (χ4n) is 2.12. The third kappa shape index (κ3) is 2.33. The van der Waals surface area contributed by atoms with Crippen molar-refractivity contribution in [1.82, 2.24) is 0 Å². The number of sulfone groups is 1. The van der Waals surface area contributed by atoms with E-state index in [1.807, 2.05) is 0 Å². The molecule has 2 heterocycles. The van der Waals surface area contributed by atoms with E-state index in [2.05, 4.69) is 0 Å². The van der Waals surface area contributed by atoms with Gasteiger partial charge in [-0.3, -0.25) is 0 Å². The summed E-state index contributed by atoms with van der Waals surface area (Å²) < 4.78 is 34.2. The van der Waals surface area contributed by atoms with Crippen molar-refractivity contribution in [3.8, 4) is 0 Å². The van der Waals surface area contributed by atoms with Gasteiger partial charge in [0, 0.05) is 0 Å². The zero-order valence-electron chi connectivity index (χ0n) is 8.59. The molecule has 0 aliphatic carbocycles. The minimum Gasteiger partial charge on any atom is -0.349 e. The molecule has 0 aromatic carbocycles. The summed E-state index contributed by atoms with van der Waals surface area (Å²) in [5.41, 5.74) is 5.41. The Hall–Kier alpha value is -0.170. The molecule has 3 unspecified atom stereocenters. The summed E-state index contributed by atoms with van der Waals surface area (Å²) in [6.07, 6.45) is 1.51. The first kappa shape index (κ1) is 11.3. The summed E-state index contributed by atoms with van der Waals surface area (Å²) in [5, 5.41) is -0.458. The first-order chi connectivity index (χ1) is 7.13. The van der Waals surface area contributed by atoms with Crippen LogP contribution in [-0.2, 0) is 19.3 Å². The molecule has 5 nitrogen and oxygen atoms in total. The zero-order chi connectivity index (χ0) is 10.9. The number of ether oxygens (including phenoxy) is 2. The van der Waals surface area contributed by atoms with Crippen LogP contribution in [0.2, 0.25) is 0 Å². The third-order valence-corrected chi connectivity index (χ3v) is 5.18. The SMILES string of the molecule is NCCC1COC(C2CCCS2(=O)=O)O1. The lowest BCUT2D eigenvalue weighted by Gasteiger charge is -2.16. The lowest BCUT2D eigenvalue weighted by atomic mass is 10.2. The number of hydrogen-bond acceptors (Lipinski definition) is 5. The van der Waals surface area contributed by atoms with Gasteiger partial charge in [-0.05, 0) is 25.8 Å². The van der Waals surface area contributed by atoms with E-state index in [0.717, 1.165) is 12.8 Å². The van der Waals surface area contributed by atoms with E-state index in [1.54, 1.807) is 0 Å². The van der Waals surface area contributed by atoms with Crippen LogP contribution in [0.15, 0.2) is 0 Å². The maximum atomic E-state index is 11.6. The molecule has 2 aliphatic heterocycles. The highest BCUT2D eigenvalue weighted by Crippen LogP contribution is 2.29. The summed E-state index contributed by atoms with van der Waals surface area (Å²) in [6, 6.07) is 0. The molecule has 0 spiro atoms. The van der Waals surface area contributed by atoms with Gasteiger partial charge in [-0.1, -0.05) is 0 Å². The summed E-state index contributed by atoms with van der Waals surface area (Å²) >= 11 is 0. The maximum Gasteiger partial charge on any atom is 0.174 e. The molecule has 0 saturated carbocycles. The molecule has 0 radical (unpaired) electrons. The molecule has 2 N–H and O–H groups in total. The normalized spacial score (nSPS) is 39.7. The Morgan fingerprint density at radius 3 is 2.80 bits per heavy atom. The van der Waals surface area contributed by atoms with Gasteiger partial charge >= 0.3 is 0 Å². The van der Waals surface area contributed by atoms with E-state index in [9.17, 15) is 8.42 Å². The monoisotopic (exact) mass is 235 g/mol. The highest BCUT2D eigenvalue weighted by atomic mass is 32.2. The van der Waals surface area contributed by atoms with Crippen LogP contribution in [0.5, 0.6) is 0 Å². The summed E-state index contributed by atoms with van der Waals surface area (Å²) in [6.45, 7) is 1.01. The Labute approximate surface area is 89.8 Å². The van der Waals surface area contributed by atoms with E-state index in [0.29, 0.717) is 19.6 Å². The largest absolute Gasteiger partial charge is 0.349 e. The summed E-state index contributed by atoms with van der Waals surface area (Å²) in [4.78, 5) is 0. The lowest BCUT2D eigenvalue weighted by Crippen LogP contribution is -2.32. The van der Waals surface area contributed by atoms with Gasteiger partial charge < -0.3 is 15.2 Å². The van der Waals surface area contributed by atoms with Crippen LogP contribution in [0.25, 0.3) is 0 Å². The molecule has 2 fully saturated rings. The zero-order valence-corrected chi connectivity index (χ0v) is 9.41. The van der Waals surface area contributed by atoms with Gasteiger partial charge in [0.05, 0.1) is 18.5 Å². The molecule has 0 bridgehead atoms. The van der Waals surface area contributed by atoms with E-state index in [4.69, 9.17) is 15.2 Å². The lowest BCUT2D eigenvalue weighted by molar-refractivity contribution is -0.0592. The molecule has 2 aliphatic rings. The standard InChI is InChI=1S/C9H17NO4S/c10-4-3-7-6-13-9(14-7)8-2-1-5-15(8,11)12/h7-9H,1-6,10H2. The molecule has 6 heteroatoms. The average molecular weight is 235 g/mol. The highest BCUT2D eigenvalue weighted by Gasteiger charge is 2.42. The van der Waals surface area contributed by atoms with Crippen LogP contribution in [0.3, 0.4) is 0 Å². The van der Waals surface area contributed by atoms with Crippen LogP contribution < -0.4 is 5.73 Å². The Bertz CT molecular complexity index is 316. The predicted molar refractivity (Wildman–Crippen MR) is 55.1 cm³/mol. The minimum atomic E-state index is -2.99. The highest BCUT2D eigenvalue weighted by molar-refractivity contribution is 7.92. The van der Waals surface area contributed by atoms with Crippen LogP contribution >= 0.6 is 0 Å². The van der Waals surface area contributed by atoms with Gasteiger partial charge in [-0.2, -0.15) is 0 Å². The van der Waals surface area contributed by atoms with Gasteiger partial charge in [-0.25, -0.2) is 8.42 Å². The second-order valence-electron chi connectivity index (χ2n) is 4.08. The fourth-order valence-corrected chi connectivity index (χ4v) is 4.00. The molecule has 2 saturated heterocycles. The first-order valence-electron chi connectivity index (χ1n) is 5.32. The Kier molecular flexibility index (Phi) is 3.30. The second kappa shape index (κ2) is 4.37. The molecule has 15 heavy (non-hydrogen) atoms. The fraction of sp³-hybridized carbons (Fsp3) is 1.00. The molecule has 0 aromatic rings. The van der Waals surface area contributed by atoms with E-state index in [-0.39, 0.29) is 11.9 Å². The Morgan fingerprint density at radius 2 is 2.20 bits per heavy atom. The van der Waals surface area contributed by atoms with Crippen molar-refractivity contribution < 1.29 is 17.9 Å². The van der Waals surface area contributed by atoms with Crippen LogP contribution in [0, 0.1) is 0 Å². The van der Waals surface area contributed by atoms with Gasteiger partial charge in [0.25, 0.3) is 0 Å². The average Bonchev–Trinajstić information content (AvgIpc) is 2.72. The van der Waals surface area contributed by atoms with E-state index >= 15 is 0 Å². The molecule has 0 aromatic heterocycles. The van der Waals surface area contributed by atoms with E-state index in [1.165, 1.54) is 0 Å². The van der Waals surface area contributed by atoms with Crippen molar-refractivity contribution in [1.29, 1.82) is 0 Å². The molecular formula is C9H17NO4S. The van der Waals surface area contributed by atoms with Gasteiger partial charge in [0.15, 0.2) is 16.1 Å². The Balaban J connectivity index is 1.96. The van der Waals surface area contributed by atoms with Gasteiger partial charge in [0.1, 0.15) is 5.25 Å². The van der Waals surface area contributed by atoms with Crippen LogP contribution in [-0.4, -0.2) is 45.0 Å². The smallest absolute Gasteiger partial charge is 0.174 e. The quantitative estimate of drug-likeness (QED) is 0.723. The first-order valence-corrected chi connectivity index (χ1v) is 7.04. The molecule has 0 amide bonds. The van der Waals surface area contributed by atoms with Gasteiger partial charge in [-0.15, -0.1) is 0 Å². The molecular weight excluding hydrogens is 218 g/mol. The minimum absolute atomic E-state index is 0.0317. The molecule has 2 rings (SSSR count). The maximum absolute atomic E-state index is 11.6. The topological polar surface area (TPSA) is 78.6 Å². The van der Waals surface area contributed by atoms with Crippen LogP contribution in [0.4, 0.5) is 0 Å². The molecule has 3 atom stereocenters. The number of nitrogens with two attached hydrogens (primary N) is 1. The van der Waals surface area contributed by atoms with Gasteiger partial charge in [0.2, 0.25) is 0 Å².